The number of ether oxygens (including phenoxy) is 1. The van der Waals surface area contributed by atoms with E-state index in [9.17, 15) is 27.9 Å². The van der Waals surface area contributed by atoms with Gasteiger partial charge in [-0.25, -0.2) is 4.79 Å². The number of benzene rings is 2. The molecule has 1 heterocycles. The Hall–Kier alpha value is -3.34. The summed E-state index contributed by atoms with van der Waals surface area (Å²) in [5.74, 6) is -2.47. The number of carbonyl (C=O) groups is 2. The van der Waals surface area contributed by atoms with E-state index in [-0.39, 0.29) is 39.4 Å². The molecule has 0 saturated heterocycles. The molecule has 162 valence electrons. The number of hydrazone groups is 1. The lowest BCUT2D eigenvalue weighted by Gasteiger charge is -2.12. The zero-order valence-corrected chi connectivity index (χ0v) is 17.4. The topological polar surface area (TPSA) is 99.4 Å². The van der Waals surface area contributed by atoms with Gasteiger partial charge in [0.2, 0.25) is 0 Å². The quantitative estimate of drug-likeness (QED) is 0.586. The molecule has 0 bridgehead atoms. The van der Waals surface area contributed by atoms with E-state index in [1.807, 2.05) is 0 Å². The van der Waals surface area contributed by atoms with Crippen molar-refractivity contribution >= 4 is 45.3 Å². The van der Waals surface area contributed by atoms with Crippen molar-refractivity contribution < 1.29 is 37.7 Å². The van der Waals surface area contributed by atoms with Crippen LogP contribution in [0.3, 0.4) is 0 Å². The third-order valence-corrected chi connectivity index (χ3v) is 4.77. The fourth-order valence-electron chi connectivity index (χ4n) is 2.78. The summed E-state index contributed by atoms with van der Waals surface area (Å²) in [6.07, 6.45) is -3.93. The number of anilines is 1. The second kappa shape index (κ2) is 8.42. The Morgan fingerprint density at radius 3 is 2.45 bits per heavy atom. The van der Waals surface area contributed by atoms with E-state index in [4.69, 9.17) is 9.84 Å². The molecule has 0 unspecified atom stereocenters. The molecule has 3 rings (SSSR count). The number of hydrogen-bond acceptors (Lipinski definition) is 5. The van der Waals surface area contributed by atoms with Crippen LogP contribution in [0.2, 0.25) is 0 Å². The number of phenolic OH excluding ortho intramolecular Hbond substituents is 1. The van der Waals surface area contributed by atoms with E-state index in [1.54, 1.807) is 6.92 Å². The van der Waals surface area contributed by atoms with Crippen LogP contribution in [-0.2, 0) is 4.79 Å². The van der Waals surface area contributed by atoms with Crippen molar-refractivity contribution in [3.05, 3.63) is 57.6 Å². The van der Waals surface area contributed by atoms with Gasteiger partial charge < -0.3 is 14.9 Å². The molecule has 0 aromatic heterocycles. The highest BCUT2D eigenvalue weighted by Gasteiger charge is 2.46. The average Bonchev–Trinajstić information content (AvgIpc) is 3.02. The van der Waals surface area contributed by atoms with Gasteiger partial charge in [-0.3, -0.25) is 4.79 Å². The summed E-state index contributed by atoms with van der Waals surface area (Å²) in [4.78, 5) is 23.7. The molecule has 0 saturated carbocycles. The SMILES string of the molecule is CCOc1cc(/C=C2\C(=O)N(c3ccc(C(=O)O)cc3)N=C2C(F)(F)F)cc(Br)c1O. The smallest absolute Gasteiger partial charge is 0.435 e. The molecule has 0 radical (unpaired) electrons. The molecule has 2 aromatic carbocycles. The molecule has 1 aliphatic rings. The summed E-state index contributed by atoms with van der Waals surface area (Å²) in [7, 11) is 0. The van der Waals surface area contributed by atoms with Gasteiger partial charge >= 0.3 is 12.1 Å². The van der Waals surface area contributed by atoms with Crippen molar-refractivity contribution in [2.24, 2.45) is 5.10 Å². The van der Waals surface area contributed by atoms with Gasteiger partial charge in [-0.15, -0.1) is 0 Å². The second-order valence-corrected chi connectivity index (χ2v) is 7.11. The highest BCUT2D eigenvalue weighted by Crippen LogP contribution is 2.38. The maximum Gasteiger partial charge on any atom is 0.435 e. The first-order valence-corrected chi connectivity index (χ1v) is 9.53. The van der Waals surface area contributed by atoms with Crippen molar-refractivity contribution in [1.29, 1.82) is 0 Å². The third kappa shape index (κ3) is 4.55. The minimum absolute atomic E-state index is 0.0259. The number of alkyl halides is 3. The van der Waals surface area contributed by atoms with Crippen LogP contribution in [0.25, 0.3) is 6.08 Å². The third-order valence-electron chi connectivity index (χ3n) is 4.17. The Morgan fingerprint density at radius 2 is 1.90 bits per heavy atom. The molecule has 0 aliphatic carbocycles. The van der Waals surface area contributed by atoms with Crippen LogP contribution in [0, 0.1) is 0 Å². The van der Waals surface area contributed by atoms with Gasteiger partial charge in [-0.05, 0) is 70.9 Å². The predicted octanol–water partition coefficient (Wildman–Crippen LogP) is 4.60. The molecular formula is C20H14BrF3N2O5. The number of amides is 1. The fraction of sp³-hybridized carbons (Fsp3) is 0.150. The first-order valence-electron chi connectivity index (χ1n) is 8.74. The zero-order chi connectivity index (χ0) is 22.9. The molecule has 7 nitrogen and oxygen atoms in total. The van der Waals surface area contributed by atoms with Crippen molar-refractivity contribution in [1.82, 2.24) is 0 Å². The second-order valence-electron chi connectivity index (χ2n) is 6.26. The van der Waals surface area contributed by atoms with E-state index < -0.39 is 29.3 Å². The van der Waals surface area contributed by atoms with E-state index in [0.717, 1.165) is 18.2 Å². The lowest BCUT2D eigenvalue weighted by molar-refractivity contribution is -0.114. The first kappa shape index (κ1) is 22.3. The van der Waals surface area contributed by atoms with Crippen LogP contribution in [0.1, 0.15) is 22.8 Å². The average molecular weight is 499 g/mol. The lowest BCUT2D eigenvalue weighted by Crippen LogP contribution is -2.25. The van der Waals surface area contributed by atoms with Crippen LogP contribution in [0.5, 0.6) is 11.5 Å². The Balaban J connectivity index is 2.07. The number of hydrogen-bond donors (Lipinski definition) is 2. The standard InChI is InChI=1S/C20H14BrF3N2O5/c1-2-31-15-9-10(8-14(21)16(15)27)7-13-17(20(22,23)24)25-26(18(13)28)12-5-3-11(4-6-12)19(29)30/h3-9,27H,2H2,1H3,(H,29,30)/b13-7-. The number of nitrogens with zero attached hydrogens (tertiary/aromatic N) is 2. The molecule has 0 spiro atoms. The normalized spacial score (nSPS) is 15.4. The van der Waals surface area contributed by atoms with Crippen LogP contribution in [0.4, 0.5) is 18.9 Å². The van der Waals surface area contributed by atoms with Gasteiger partial charge in [-0.1, -0.05) is 0 Å². The molecule has 0 fully saturated rings. The summed E-state index contributed by atoms with van der Waals surface area (Å²) in [6, 6.07) is 7.30. The highest BCUT2D eigenvalue weighted by atomic mass is 79.9. The van der Waals surface area contributed by atoms with Gasteiger partial charge in [0.05, 0.1) is 27.9 Å². The number of aromatic carboxylic acids is 1. The monoisotopic (exact) mass is 498 g/mol. The lowest BCUT2D eigenvalue weighted by atomic mass is 10.1. The Kier molecular flexibility index (Phi) is 6.07. The van der Waals surface area contributed by atoms with Gasteiger partial charge in [0.1, 0.15) is 0 Å². The Morgan fingerprint density at radius 1 is 1.26 bits per heavy atom. The Bertz CT molecular complexity index is 1110. The molecule has 0 atom stereocenters. The minimum atomic E-state index is -4.92. The van der Waals surface area contributed by atoms with E-state index in [2.05, 4.69) is 21.0 Å². The van der Waals surface area contributed by atoms with Crippen LogP contribution in [-0.4, -0.2) is 40.6 Å². The van der Waals surface area contributed by atoms with Gasteiger partial charge in [0.25, 0.3) is 5.91 Å². The highest BCUT2D eigenvalue weighted by molar-refractivity contribution is 9.10. The molecule has 1 amide bonds. The number of carboxylic acids is 1. The fourth-order valence-corrected chi connectivity index (χ4v) is 3.24. The van der Waals surface area contributed by atoms with Crippen LogP contribution < -0.4 is 9.75 Å². The van der Waals surface area contributed by atoms with Crippen molar-refractivity contribution in [2.75, 3.05) is 11.6 Å². The summed E-state index contributed by atoms with van der Waals surface area (Å²) >= 11 is 3.10. The van der Waals surface area contributed by atoms with Crippen molar-refractivity contribution in [3.63, 3.8) is 0 Å². The number of carboxylic acid groups (broad SMARTS) is 1. The number of aromatic hydroxyl groups is 1. The summed E-state index contributed by atoms with van der Waals surface area (Å²) in [6.45, 7) is 1.87. The Labute approximate surface area is 182 Å². The molecule has 2 N–H and O–H groups in total. The zero-order valence-electron chi connectivity index (χ0n) is 15.8. The van der Waals surface area contributed by atoms with Gasteiger partial charge in [-0.2, -0.15) is 23.3 Å². The molecule has 11 heteroatoms. The van der Waals surface area contributed by atoms with Crippen LogP contribution >= 0.6 is 15.9 Å². The predicted molar refractivity (Wildman–Crippen MR) is 109 cm³/mol. The maximum absolute atomic E-state index is 13.6. The number of phenols is 1. The summed E-state index contributed by atoms with van der Waals surface area (Å²) in [5, 5.41) is 22.9. The summed E-state index contributed by atoms with van der Waals surface area (Å²) < 4.78 is 46.2. The van der Waals surface area contributed by atoms with Crippen molar-refractivity contribution in [3.8, 4) is 11.5 Å². The largest absolute Gasteiger partial charge is 0.503 e. The number of rotatable bonds is 5. The first-order chi connectivity index (χ1) is 14.5. The van der Waals surface area contributed by atoms with E-state index in [1.165, 1.54) is 24.3 Å². The number of carbonyl (C=O) groups excluding carboxylic acids is 1. The van der Waals surface area contributed by atoms with E-state index >= 15 is 0 Å². The van der Waals surface area contributed by atoms with Crippen molar-refractivity contribution in [2.45, 2.75) is 13.1 Å². The molecule has 2 aromatic rings. The van der Waals surface area contributed by atoms with Gasteiger partial charge in [0.15, 0.2) is 17.2 Å². The van der Waals surface area contributed by atoms with E-state index in [0.29, 0.717) is 5.01 Å². The maximum atomic E-state index is 13.6. The number of halogens is 4. The summed E-state index contributed by atoms with van der Waals surface area (Å²) in [5.41, 5.74) is -2.07. The van der Waals surface area contributed by atoms with Gasteiger partial charge in [0, 0.05) is 0 Å². The molecule has 1 aliphatic heterocycles. The van der Waals surface area contributed by atoms with Crippen LogP contribution in [0.15, 0.2) is 51.5 Å². The molecular weight excluding hydrogens is 485 g/mol. The minimum Gasteiger partial charge on any atom is -0.503 e. The molecule has 31 heavy (non-hydrogen) atoms.